The van der Waals surface area contributed by atoms with Gasteiger partial charge in [-0.05, 0) is 69.7 Å². The van der Waals surface area contributed by atoms with Crippen molar-refractivity contribution in [1.29, 1.82) is 0 Å². The maximum absolute atomic E-state index is 14.7. The van der Waals surface area contributed by atoms with Crippen LogP contribution in [0, 0.1) is 5.82 Å². The maximum atomic E-state index is 14.7. The summed E-state index contributed by atoms with van der Waals surface area (Å²) in [6.45, 7) is 7.38. The fraction of sp³-hybridized carbons (Fsp3) is 0.333. The van der Waals surface area contributed by atoms with Gasteiger partial charge >= 0.3 is 7.12 Å². The van der Waals surface area contributed by atoms with Gasteiger partial charge < -0.3 is 13.7 Å². The summed E-state index contributed by atoms with van der Waals surface area (Å²) in [5.41, 5.74) is -0.958. The van der Waals surface area contributed by atoms with Crippen LogP contribution in [0.5, 0.6) is 0 Å². The first-order chi connectivity index (χ1) is 11.2. The lowest BCUT2D eigenvalue weighted by Crippen LogP contribution is -2.41. The van der Waals surface area contributed by atoms with Crippen molar-refractivity contribution >= 4 is 13.2 Å². The maximum Gasteiger partial charge on any atom is 0.525 e. The van der Waals surface area contributed by atoms with Gasteiger partial charge in [0.15, 0.2) is 0 Å². The normalized spacial score (nSPS) is 19.8. The van der Waals surface area contributed by atoms with Crippen LogP contribution in [0.2, 0.25) is 0 Å². The van der Waals surface area contributed by atoms with Crippen molar-refractivity contribution < 1.29 is 22.5 Å². The fourth-order valence-corrected chi connectivity index (χ4v) is 2.48. The van der Waals surface area contributed by atoms with Gasteiger partial charge in [0.1, 0.15) is 17.3 Å². The van der Waals surface area contributed by atoms with Gasteiger partial charge in [-0.15, -0.1) is 0 Å². The average Bonchev–Trinajstić information content (AvgIpc) is 3.06. The van der Waals surface area contributed by atoms with Crippen LogP contribution in [0.1, 0.15) is 33.3 Å². The third-order valence-corrected chi connectivity index (χ3v) is 4.57. The summed E-state index contributed by atoms with van der Waals surface area (Å²) >= 11 is 0. The molecular weight excluding hydrogens is 313 g/mol. The molecule has 0 aliphatic carbocycles. The Balaban J connectivity index is 1.96. The van der Waals surface area contributed by atoms with Crippen LogP contribution in [-0.2, 0) is 9.31 Å². The lowest BCUT2D eigenvalue weighted by Gasteiger charge is -2.32. The highest BCUT2D eigenvalue weighted by Crippen LogP contribution is 2.39. The molecule has 0 radical (unpaired) electrons. The van der Waals surface area contributed by atoms with Crippen LogP contribution < -0.4 is 0 Å². The van der Waals surface area contributed by atoms with Crippen LogP contribution >= 0.6 is 0 Å². The first-order valence-corrected chi connectivity index (χ1v) is 7.76. The Kier molecular flexibility index (Phi) is 4.14. The Labute approximate surface area is 140 Å². The van der Waals surface area contributed by atoms with E-state index in [0.717, 1.165) is 0 Å². The molecule has 0 atom stereocenters. The summed E-state index contributed by atoms with van der Waals surface area (Å²) in [5, 5.41) is 0. The van der Waals surface area contributed by atoms with Crippen LogP contribution in [0.15, 0.2) is 46.7 Å². The van der Waals surface area contributed by atoms with E-state index in [4.69, 9.17) is 13.7 Å². The molecular formula is C18H19BF2O3. The molecule has 0 spiro atoms. The quantitative estimate of drug-likeness (QED) is 0.739. The van der Waals surface area contributed by atoms with Crippen LogP contribution in [0.3, 0.4) is 0 Å². The average molecular weight is 332 g/mol. The molecule has 126 valence electrons. The number of rotatable bonds is 3. The highest BCUT2D eigenvalue weighted by Gasteiger charge is 2.53. The van der Waals surface area contributed by atoms with E-state index in [2.05, 4.69) is 0 Å². The molecule has 0 amide bonds. The lowest BCUT2D eigenvalue weighted by atomic mass is 9.86. The van der Waals surface area contributed by atoms with E-state index in [0.29, 0.717) is 16.9 Å². The predicted molar refractivity (Wildman–Crippen MR) is 89.3 cm³/mol. The summed E-state index contributed by atoms with van der Waals surface area (Å²) in [5.74, 6) is 0.0706. The molecule has 1 saturated heterocycles. The summed E-state index contributed by atoms with van der Waals surface area (Å²) in [4.78, 5) is 0. The second kappa shape index (κ2) is 5.86. The minimum Gasteiger partial charge on any atom is -0.464 e. The Morgan fingerprint density at radius 1 is 1.08 bits per heavy atom. The van der Waals surface area contributed by atoms with Crippen LogP contribution in [-0.4, -0.2) is 18.3 Å². The largest absolute Gasteiger partial charge is 0.525 e. The van der Waals surface area contributed by atoms with Crippen LogP contribution in [0.4, 0.5) is 8.78 Å². The molecule has 6 heteroatoms. The summed E-state index contributed by atoms with van der Waals surface area (Å²) in [6, 6.07) is 7.57. The van der Waals surface area contributed by atoms with E-state index in [1.54, 1.807) is 18.2 Å². The monoisotopic (exact) mass is 332 g/mol. The molecule has 1 aromatic carbocycles. The van der Waals surface area contributed by atoms with Crippen molar-refractivity contribution in [2.75, 3.05) is 0 Å². The lowest BCUT2D eigenvalue weighted by molar-refractivity contribution is 0.00578. The molecule has 2 heterocycles. The van der Waals surface area contributed by atoms with Gasteiger partial charge in [0, 0.05) is 5.56 Å². The van der Waals surface area contributed by atoms with E-state index in [-0.39, 0.29) is 0 Å². The third-order valence-electron chi connectivity index (χ3n) is 4.57. The molecule has 1 aliphatic heterocycles. The summed E-state index contributed by atoms with van der Waals surface area (Å²) in [6.07, 6.45) is 2.74. The van der Waals surface area contributed by atoms with Gasteiger partial charge in [0.05, 0.1) is 17.5 Å². The Hall–Kier alpha value is -1.92. The van der Waals surface area contributed by atoms with E-state index in [9.17, 15) is 8.78 Å². The smallest absolute Gasteiger partial charge is 0.464 e. The Morgan fingerprint density at radius 3 is 2.33 bits per heavy atom. The molecule has 1 aliphatic rings. The molecule has 0 bridgehead atoms. The highest BCUT2D eigenvalue weighted by atomic mass is 19.1. The zero-order chi connectivity index (χ0) is 17.5. The number of hydrogen-bond acceptors (Lipinski definition) is 3. The van der Waals surface area contributed by atoms with Crippen molar-refractivity contribution in [1.82, 2.24) is 0 Å². The van der Waals surface area contributed by atoms with E-state index < -0.39 is 29.9 Å². The molecule has 3 rings (SSSR count). The van der Waals surface area contributed by atoms with Crippen LogP contribution in [0.25, 0.3) is 17.4 Å². The third kappa shape index (κ3) is 3.04. The van der Waals surface area contributed by atoms with Crippen molar-refractivity contribution in [3.63, 3.8) is 0 Å². The Bertz CT molecular complexity index is 751. The minimum atomic E-state index is -1.12. The first kappa shape index (κ1) is 16.9. The van der Waals surface area contributed by atoms with Crippen molar-refractivity contribution in [3.8, 4) is 11.3 Å². The molecule has 2 aromatic rings. The second-order valence-corrected chi connectivity index (χ2v) is 6.83. The fourth-order valence-electron chi connectivity index (χ4n) is 2.48. The summed E-state index contributed by atoms with van der Waals surface area (Å²) < 4.78 is 45.0. The van der Waals surface area contributed by atoms with Gasteiger partial charge in [-0.25, -0.2) is 8.78 Å². The molecule has 1 fully saturated rings. The van der Waals surface area contributed by atoms with Gasteiger partial charge in [0.25, 0.3) is 0 Å². The Morgan fingerprint density at radius 2 is 1.75 bits per heavy atom. The molecule has 24 heavy (non-hydrogen) atoms. The first-order valence-electron chi connectivity index (χ1n) is 7.76. The molecule has 1 aromatic heterocycles. The van der Waals surface area contributed by atoms with Crippen molar-refractivity contribution in [2.45, 2.75) is 38.9 Å². The molecule has 0 saturated carbocycles. The van der Waals surface area contributed by atoms with E-state index in [1.165, 1.54) is 24.5 Å². The van der Waals surface area contributed by atoms with Gasteiger partial charge in [0.2, 0.25) is 0 Å². The van der Waals surface area contributed by atoms with Gasteiger partial charge in [-0.2, -0.15) is 0 Å². The second-order valence-electron chi connectivity index (χ2n) is 6.83. The standard InChI is InChI=1S/C18H19BF2O3/c1-17(2)18(3,4)24-19(23-17)16(21)11-12-10-13(20)7-8-14(12)15-6-5-9-22-15/h5-11H,1-4H3. The highest BCUT2D eigenvalue weighted by molar-refractivity contribution is 6.54. The number of hydrogen-bond donors (Lipinski definition) is 0. The van der Waals surface area contributed by atoms with Crippen molar-refractivity contribution in [2.24, 2.45) is 0 Å². The zero-order valence-electron chi connectivity index (χ0n) is 14.1. The van der Waals surface area contributed by atoms with Crippen molar-refractivity contribution in [3.05, 3.63) is 53.7 Å². The predicted octanol–water partition coefficient (Wildman–Crippen LogP) is 5.03. The van der Waals surface area contributed by atoms with Gasteiger partial charge in [-0.1, -0.05) is 0 Å². The van der Waals surface area contributed by atoms with E-state index >= 15 is 0 Å². The molecule has 0 unspecified atom stereocenters. The number of benzene rings is 1. The zero-order valence-corrected chi connectivity index (χ0v) is 14.1. The topological polar surface area (TPSA) is 31.6 Å². The summed E-state index contributed by atoms with van der Waals surface area (Å²) in [7, 11) is -1.12. The van der Waals surface area contributed by atoms with E-state index in [1.807, 2.05) is 27.7 Å². The number of halogens is 2. The SMILES string of the molecule is CC1(C)OB(C(F)=Cc2cc(F)ccc2-c2ccco2)OC1(C)C. The van der Waals surface area contributed by atoms with Gasteiger partial charge in [-0.3, -0.25) is 0 Å². The minimum absolute atomic E-state index is 0.358. The number of furan rings is 1. The molecule has 3 nitrogen and oxygen atoms in total. The molecule has 0 N–H and O–H groups in total.